The number of hydroxylamine groups is 2. The Labute approximate surface area is 141 Å². The summed E-state index contributed by atoms with van der Waals surface area (Å²) in [4.78, 5) is 6.29. The quantitative estimate of drug-likeness (QED) is 0.731. The van der Waals surface area contributed by atoms with Crippen LogP contribution in [-0.2, 0) is 4.84 Å². The van der Waals surface area contributed by atoms with E-state index in [2.05, 4.69) is 17.2 Å². The van der Waals surface area contributed by atoms with Crippen molar-refractivity contribution in [1.29, 1.82) is 0 Å². The van der Waals surface area contributed by atoms with Gasteiger partial charge in [0.2, 0.25) is 0 Å². The molecule has 116 valence electrons. The van der Waals surface area contributed by atoms with E-state index in [1.165, 1.54) is 19.3 Å². The lowest BCUT2D eigenvalue weighted by Crippen LogP contribution is -2.32. The lowest BCUT2D eigenvalue weighted by atomic mass is 10.0. The van der Waals surface area contributed by atoms with Crippen LogP contribution in [0, 0.1) is 0 Å². The maximum Gasteiger partial charge on any atom is 0.131 e. The summed E-state index contributed by atoms with van der Waals surface area (Å²) < 4.78 is 0. The Balaban J connectivity index is 1.93. The third-order valence-corrected chi connectivity index (χ3v) is 4.77. The van der Waals surface area contributed by atoms with Gasteiger partial charge in [0.05, 0.1) is 10.0 Å². The van der Waals surface area contributed by atoms with Crippen LogP contribution < -0.4 is 0 Å². The van der Waals surface area contributed by atoms with Gasteiger partial charge in [-0.25, -0.2) is 0 Å². The van der Waals surface area contributed by atoms with Gasteiger partial charge in [0, 0.05) is 18.7 Å². The molecule has 0 aromatic heterocycles. The van der Waals surface area contributed by atoms with E-state index in [0.29, 0.717) is 10.0 Å². The van der Waals surface area contributed by atoms with Crippen molar-refractivity contribution in [3.63, 3.8) is 0 Å². The lowest BCUT2D eigenvalue weighted by Gasteiger charge is -2.31. The largest absolute Gasteiger partial charge is 0.286 e. The van der Waals surface area contributed by atoms with Crippen molar-refractivity contribution in [3.8, 4) is 0 Å². The average molecular weight is 336 g/mol. The Morgan fingerprint density at radius 2 is 1.59 bits per heavy atom. The first kappa shape index (κ1) is 15.8. The highest BCUT2D eigenvalue weighted by molar-refractivity contribution is 6.42. The van der Waals surface area contributed by atoms with Crippen LogP contribution in [0.4, 0.5) is 0 Å². The zero-order chi connectivity index (χ0) is 15.4. The summed E-state index contributed by atoms with van der Waals surface area (Å²) in [5.41, 5.74) is 1.99. The van der Waals surface area contributed by atoms with Crippen LogP contribution >= 0.6 is 23.2 Å². The number of nitrogens with zero attached hydrogens (tertiary/aromatic N) is 1. The number of hydrogen-bond donors (Lipinski definition) is 0. The highest BCUT2D eigenvalue weighted by Crippen LogP contribution is 2.36. The zero-order valence-electron chi connectivity index (χ0n) is 12.3. The first-order chi connectivity index (χ1) is 10.8. The van der Waals surface area contributed by atoms with E-state index in [-0.39, 0.29) is 6.10 Å². The molecule has 0 spiro atoms. The number of hydrogen-bond acceptors (Lipinski definition) is 2. The third kappa shape index (κ3) is 3.64. The molecule has 22 heavy (non-hydrogen) atoms. The smallest absolute Gasteiger partial charge is 0.131 e. The molecule has 0 N–H and O–H groups in total. The Kier molecular flexibility index (Phi) is 5.37. The second-order valence-corrected chi connectivity index (χ2v) is 6.31. The standard InChI is InChI=1S/C18H19Cl2NO/c19-16-11-7-10-15(17(16)20)18(14-8-3-1-4-9-14)22-21-12-5-2-6-13-21/h1,3-4,7-11,18H,2,5-6,12-13H2. The van der Waals surface area contributed by atoms with Gasteiger partial charge in [0.25, 0.3) is 0 Å². The van der Waals surface area contributed by atoms with Gasteiger partial charge in [-0.1, -0.05) is 72.1 Å². The van der Waals surface area contributed by atoms with E-state index in [1.807, 2.05) is 30.3 Å². The third-order valence-electron chi connectivity index (χ3n) is 3.94. The van der Waals surface area contributed by atoms with Crippen molar-refractivity contribution >= 4 is 23.2 Å². The minimum atomic E-state index is -0.231. The molecule has 3 rings (SSSR count). The summed E-state index contributed by atoms with van der Waals surface area (Å²) in [6.45, 7) is 1.92. The molecule has 1 saturated heterocycles. The number of benzene rings is 2. The molecule has 1 aliphatic heterocycles. The van der Waals surface area contributed by atoms with Crippen LogP contribution in [0.2, 0.25) is 10.0 Å². The molecule has 0 radical (unpaired) electrons. The fourth-order valence-electron chi connectivity index (χ4n) is 2.77. The van der Waals surface area contributed by atoms with Crippen molar-refractivity contribution in [2.45, 2.75) is 25.4 Å². The van der Waals surface area contributed by atoms with Crippen molar-refractivity contribution in [1.82, 2.24) is 5.06 Å². The van der Waals surface area contributed by atoms with E-state index in [1.54, 1.807) is 6.07 Å². The summed E-state index contributed by atoms with van der Waals surface area (Å²) in [5, 5.41) is 3.18. The Morgan fingerprint density at radius 3 is 2.32 bits per heavy atom. The molecule has 1 aliphatic rings. The summed E-state index contributed by atoms with van der Waals surface area (Å²) in [5.74, 6) is 0. The summed E-state index contributed by atoms with van der Waals surface area (Å²) in [6, 6.07) is 15.9. The zero-order valence-corrected chi connectivity index (χ0v) is 13.9. The normalized spacial score (nSPS) is 17.4. The molecule has 2 nitrogen and oxygen atoms in total. The lowest BCUT2D eigenvalue weighted by molar-refractivity contribution is -0.196. The summed E-state index contributed by atoms with van der Waals surface area (Å²) in [6.07, 6.45) is 3.38. The van der Waals surface area contributed by atoms with Crippen molar-refractivity contribution in [2.75, 3.05) is 13.1 Å². The highest BCUT2D eigenvalue weighted by Gasteiger charge is 2.23. The topological polar surface area (TPSA) is 12.5 Å². The fourth-order valence-corrected chi connectivity index (χ4v) is 3.17. The number of halogens is 2. The highest BCUT2D eigenvalue weighted by atomic mass is 35.5. The molecule has 0 saturated carbocycles. The van der Waals surface area contributed by atoms with Gasteiger partial charge >= 0.3 is 0 Å². The molecule has 0 bridgehead atoms. The van der Waals surface area contributed by atoms with Crippen LogP contribution in [0.3, 0.4) is 0 Å². The van der Waals surface area contributed by atoms with Crippen LogP contribution in [0.25, 0.3) is 0 Å². The van der Waals surface area contributed by atoms with Gasteiger partial charge in [-0.15, -0.1) is 0 Å². The maximum absolute atomic E-state index is 6.43. The molecule has 4 heteroatoms. The molecule has 0 aliphatic carbocycles. The van der Waals surface area contributed by atoms with Gasteiger partial charge < -0.3 is 0 Å². The molecule has 1 heterocycles. The van der Waals surface area contributed by atoms with E-state index in [0.717, 1.165) is 24.2 Å². The predicted octanol–water partition coefficient (Wildman–Crippen LogP) is 5.50. The van der Waals surface area contributed by atoms with Crippen molar-refractivity contribution in [2.24, 2.45) is 0 Å². The van der Waals surface area contributed by atoms with E-state index in [9.17, 15) is 0 Å². The number of piperidine rings is 1. The Morgan fingerprint density at radius 1 is 0.864 bits per heavy atom. The Hall–Kier alpha value is -1.06. The van der Waals surface area contributed by atoms with Gasteiger partial charge in [-0.3, -0.25) is 4.84 Å². The van der Waals surface area contributed by atoms with Crippen LogP contribution in [0.15, 0.2) is 48.5 Å². The number of rotatable bonds is 4. The minimum absolute atomic E-state index is 0.231. The van der Waals surface area contributed by atoms with Gasteiger partial charge in [-0.05, 0) is 24.5 Å². The van der Waals surface area contributed by atoms with Crippen molar-refractivity contribution < 1.29 is 4.84 Å². The fraction of sp³-hybridized carbons (Fsp3) is 0.333. The SMILES string of the molecule is Clc1cccc(C(ON2CCCCC2)c2ccccc2)c1Cl. The van der Waals surface area contributed by atoms with Crippen LogP contribution in [0.1, 0.15) is 36.5 Å². The van der Waals surface area contributed by atoms with E-state index < -0.39 is 0 Å². The molecular weight excluding hydrogens is 317 g/mol. The average Bonchev–Trinajstić information content (AvgIpc) is 2.57. The minimum Gasteiger partial charge on any atom is -0.286 e. The second kappa shape index (κ2) is 7.47. The molecule has 2 aromatic rings. The predicted molar refractivity (Wildman–Crippen MR) is 91.3 cm³/mol. The van der Waals surface area contributed by atoms with Crippen molar-refractivity contribution in [3.05, 3.63) is 69.7 Å². The van der Waals surface area contributed by atoms with Gasteiger partial charge in [0.1, 0.15) is 6.10 Å². The van der Waals surface area contributed by atoms with Gasteiger partial charge in [0.15, 0.2) is 0 Å². The maximum atomic E-state index is 6.43. The van der Waals surface area contributed by atoms with Gasteiger partial charge in [-0.2, -0.15) is 5.06 Å². The molecule has 2 aromatic carbocycles. The first-order valence-corrected chi connectivity index (χ1v) is 8.42. The molecular formula is C18H19Cl2NO. The molecule has 1 fully saturated rings. The molecule has 1 atom stereocenters. The van der Waals surface area contributed by atoms with Crippen LogP contribution in [0.5, 0.6) is 0 Å². The summed E-state index contributed by atoms with van der Waals surface area (Å²) in [7, 11) is 0. The second-order valence-electron chi connectivity index (χ2n) is 5.53. The van der Waals surface area contributed by atoms with Crippen LogP contribution in [-0.4, -0.2) is 18.2 Å². The summed E-state index contributed by atoms with van der Waals surface area (Å²) >= 11 is 12.6. The molecule has 1 unspecified atom stereocenters. The van der Waals surface area contributed by atoms with E-state index in [4.69, 9.17) is 28.0 Å². The van der Waals surface area contributed by atoms with E-state index >= 15 is 0 Å². The first-order valence-electron chi connectivity index (χ1n) is 7.66. The molecule has 0 amide bonds. The monoisotopic (exact) mass is 335 g/mol. The Bertz CT molecular complexity index is 612.